The maximum atomic E-state index is 12.9. The van der Waals surface area contributed by atoms with Crippen LogP contribution in [0, 0.1) is 0 Å². The van der Waals surface area contributed by atoms with E-state index in [4.69, 9.17) is 9.47 Å². The van der Waals surface area contributed by atoms with E-state index in [-0.39, 0.29) is 13.2 Å². The fourth-order valence-corrected chi connectivity index (χ4v) is 3.64. The Balaban J connectivity index is 2.36. The molecule has 0 unspecified atom stereocenters. The molecule has 146 valence electrons. The number of benzene rings is 2. The van der Waals surface area contributed by atoms with E-state index in [2.05, 4.69) is 4.57 Å². The van der Waals surface area contributed by atoms with Crippen molar-refractivity contribution < 1.29 is 19.1 Å². The molecule has 28 heavy (non-hydrogen) atoms. The van der Waals surface area contributed by atoms with Crippen molar-refractivity contribution in [3.8, 4) is 11.3 Å². The largest absolute Gasteiger partial charge is 0.465 e. The van der Waals surface area contributed by atoms with E-state index in [1.54, 1.807) is 13.8 Å². The number of esters is 2. The number of nitrogens with zero attached hydrogens (tertiary/aromatic N) is 1. The van der Waals surface area contributed by atoms with Crippen LogP contribution in [0.25, 0.3) is 22.2 Å². The van der Waals surface area contributed by atoms with Crippen LogP contribution in [0.5, 0.6) is 0 Å². The second-order valence-electron chi connectivity index (χ2n) is 6.33. The number of aryl methyl sites for hydroxylation is 1. The summed E-state index contributed by atoms with van der Waals surface area (Å²) in [7, 11) is 0. The van der Waals surface area contributed by atoms with Crippen molar-refractivity contribution in [1.82, 2.24) is 4.57 Å². The predicted molar refractivity (Wildman–Crippen MR) is 109 cm³/mol. The van der Waals surface area contributed by atoms with E-state index in [0.29, 0.717) is 12.1 Å². The lowest BCUT2D eigenvalue weighted by Gasteiger charge is -2.17. The molecular weight excluding hydrogens is 354 g/mol. The first kappa shape index (κ1) is 19.7. The van der Waals surface area contributed by atoms with Crippen LogP contribution in [-0.2, 0) is 25.6 Å². The zero-order chi connectivity index (χ0) is 20.1. The minimum absolute atomic E-state index is 0.196. The molecule has 0 amide bonds. The van der Waals surface area contributed by atoms with E-state index < -0.39 is 17.9 Å². The number of ether oxygens (including phenoxy) is 2. The Kier molecular flexibility index (Phi) is 6.14. The Morgan fingerprint density at radius 2 is 1.43 bits per heavy atom. The molecule has 0 saturated heterocycles. The minimum Gasteiger partial charge on any atom is -0.465 e. The van der Waals surface area contributed by atoms with Crippen molar-refractivity contribution in [2.24, 2.45) is 0 Å². The molecule has 0 spiro atoms. The summed E-state index contributed by atoms with van der Waals surface area (Å²) < 4.78 is 12.6. The average molecular weight is 379 g/mol. The highest BCUT2D eigenvalue weighted by molar-refractivity contribution is 6.08. The molecule has 0 fully saturated rings. The molecule has 1 aromatic heterocycles. The number of hydrogen-bond acceptors (Lipinski definition) is 4. The van der Waals surface area contributed by atoms with Crippen LogP contribution in [0.1, 0.15) is 32.3 Å². The van der Waals surface area contributed by atoms with Gasteiger partial charge in [-0.25, -0.2) is 0 Å². The van der Waals surface area contributed by atoms with Crippen LogP contribution in [0.15, 0.2) is 54.6 Å². The van der Waals surface area contributed by atoms with E-state index in [1.807, 2.05) is 61.5 Å². The molecule has 0 aliphatic carbocycles. The van der Waals surface area contributed by atoms with Crippen molar-refractivity contribution in [1.29, 1.82) is 0 Å². The average Bonchev–Trinajstić information content (AvgIpc) is 3.03. The molecule has 1 heterocycles. The highest BCUT2D eigenvalue weighted by Gasteiger charge is 2.37. The molecule has 0 atom stereocenters. The van der Waals surface area contributed by atoms with Crippen LogP contribution in [-0.4, -0.2) is 29.7 Å². The summed E-state index contributed by atoms with van der Waals surface area (Å²) in [6.07, 6.45) is 0. The molecular formula is C23H25NO4. The van der Waals surface area contributed by atoms with E-state index in [0.717, 1.165) is 22.2 Å². The fourth-order valence-electron chi connectivity index (χ4n) is 3.64. The summed E-state index contributed by atoms with van der Waals surface area (Å²) in [5, 5.41) is 0.856. The molecule has 0 aliphatic heterocycles. The first-order valence-electron chi connectivity index (χ1n) is 9.63. The van der Waals surface area contributed by atoms with Gasteiger partial charge in [-0.3, -0.25) is 9.59 Å². The Morgan fingerprint density at radius 3 is 2.00 bits per heavy atom. The lowest BCUT2D eigenvalue weighted by Crippen LogP contribution is -2.26. The zero-order valence-corrected chi connectivity index (χ0v) is 16.5. The number of para-hydroxylation sites is 1. The molecule has 3 aromatic rings. The second kappa shape index (κ2) is 8.74. The van der Waals surface area contributed by atoms with Gasteiger partial charge in [0.15, 0.2) is 5.92 Å². The summed E-state index contributed by atoms with van der Waals surface area (Å²) in [5.74, 6) is -2.30. The van der Waals surface area contributed by atoms with E-state index in [1.165, 1.54) is 0 Å². The summed E-state index contributed by atoms with van der Waals surface area (Å²) in [4.78, 5) is 25.7. The summed E-state index contributed by atoms with van der Waals surface area (Å²) in [6.45, 7) is 6.60. The topological polar surface area (TPSA) is 57.5 Å². The Bertz CT molecular complexity index is 957. The molecule has 2 aromatic carbocycles. The van der Waals surface area contributed by atoms with Crippen LogP contribution in [0.2, 0.25) is 0 Å². The monoisotopic (exact) mass is 379 g/mol. The van der Waals surface area contributed by atoms with Gasteiger partial charge in [0.2, 0.25) is 0 Å². The third kappa shape index (κ3) is 3.52. The van der Waals surface area contributed by atoms with Crippen molar-refractivity contribution in [2.45, 2.75) is 33.2 Å². The molecule has 3 rings (SSSR count). The van der Waals surface area contributed by atoms with Crippen molar-refractivity contribution in [2.75, 3.05) is 13.2 Å². The lowest BCUT2D eigenvalue weighted by atomic mass is 9.93. The molecule has 0 radical (unpaired) electrons. The SMILES string of the molecule is CCOC(=O)C(C(=O)OCC)c1c(-c2ccccc2)n(CC)c2ccccc12. The van der Waals surface area contributed by atoms with Gasteiger partial charge in [0.25, 0.3) is 0 Å². The van der Waals surface area contributed by atoms with Gasteiger partial charge in [0.1, 0.15) is 0 Å². The van der Waals surface area contributed by atoms with Gasteiger partial charge in [0, 0.05) is 23.0 Å². The second-order valence-corrected chi connectivity index (χ2v) is 6.33. The summed E-state index contributed by atoms with van der Waals surface area (Å²) >= 11 is 0. The number of fused-ring (bicyclic) bond motifs is 1. The minimum atomic E-state index is -1.13. The smallest absolute Gasteiger partial charge is 0.324 e. The Morgan fingerprint density at radius 1 is 0.857 bits per heavy atom. The molecule has 5 nitrogen and oxygen atoms in total. The van der Waals surface area contributed by atoms with Crippen LogP contribution in [0.4, 0.5) is 0 Å². The number of carbonyl (C=O) groups excluding carboxylic acids is 2. The van der Waals surface area contributed by atoms with E-state index in [9.17, 15) is 9.59 Å². The van der Waals surface area contributed by atoms with Gasteiger partial charge in [-0.15, -0.1) is 0 Å². The Hall–Kier alpha value is -3.08. The zero-order valence-electron chi connectivity index (χ0n) is 16.5. The maximum Gasteiger partial charge on any atom is 0.324 e. The number of aromatic nitrogens is 1. The standard InChI is InChI=1S/C23H25NO4/c1-4-24-18-15-11-10-14-17(18)19(21(24)16-12-8-7-9-13-16)20(22(25)27-5-2)23(26)28-6-3/h7-15,20H,4-6H2,1-3H3. The van der Waals surface area contributed by atoms with Crippen molar-refractivity contribution >= 4 is 22.8 Å². The molecule has 5 heteroatoms. The van der Waals surface area contributed by atoms with Crippen LogP contribution >= 0.6 is 0 Å². The van der Waals surface area contributed by atoms with Gasteiger partial charge in [0.05, 0.1) is 18.9 Å². The third-order valence-electron chi connectivity index (χ3n) is 4.71. The Labute approximate surface area is 164 Å². The predicted octanol–water partition coefficient (Wildman–Crippen LogP) is 4.54. The number of hydrogen-bond donors (Lipinski definition) is 0. The number of carbonyl (C=O) groups is 2. The lowest BCUT2D eigenvalue weighted by molar-refractivity contribution is -0.156. The summed E-state index contributed by atoms with van der Waals surface area (Å²) in [6, 6.07) is 17.6. The molecule has 0 bridgehead atoms. The van der Waals surface area contributed by atoms with Crippen molar-refractivity contribution in [3.05, 3.63) is 60.2 Å². The van der Waals surface area contributed by atoms with Gasteiger partial charge in [-0.1, -0.05) is 48.5 Å². The van der Waals surface area contributed by atoms with Gasteiger partial charge >= 0.3 is 11.9 Å². The third-order valence-corrected chi connectivity index (χ3v) is 4.71. The van der Waals surface area contributed by atoms with E-state index >= 15 is 0 Å². The highest BCUT2D eigenvalue weighted by Crippen LogP contribution is 2.39. The van der Waals surface area contributed by atoms with Crippen molar-refractivity contribution in [3.63, 3.8) is 0 Å². The molecule has 0 saturated carbocycles. The highest BCUT2D eigenvalue weighted by atomic mass is 16.6. The normalized spacial score (nSPS) is 11.0. The van der Waals surface area contributed by atoms with Crippen LogP contribution in [0.3, 0.4) is 0 Å². The summed E-state index contributed by atoms with van der Waals surface area (Å²) in [5.41, 5.74) is 3.39. The van der Waals surface area contributed by atoms with Gasteiger partial charge < -0.3 is 14.0 Å². The fraction of sp³-hybridized carbons (Fsp3) is 0.304. The maximum absolute atomic E-state index is 12.9. The van der Waals surface area contributed by atoms with Gasteiger partial charge in [-0.2, -0.15) is 0 Å². The van der Waals surface area contributed by atoms with Gasteiger partial charge in [-0.05, 0) is 32.4 Å². The quantitative estimate of drug-likeness (QED) is 0.447. The van der Waals surface area contributed by atoms with Crippen LogP contribution < -0.4 is 0 Å². The number of rotatable bonds is 7. The first-order valence-corrected chi connectivity index (χ1v) is 9.63. The molecule has 0 N–H and O–H groups in total. The molecule has 0 aliphatic rings. The first-order chi connectivity index (χ1) is 13.6.